The van der Waals surface area contributed by atoms with Gasteiger partial charge in [0.2, 0.25) is 0 Å². The molecule has 1 aromatic heterocycles. The molecule has 0 radical (unpaired) electrons. The van der Waals surface area contributed by atoms with E-state index in [4.69, 9.17) is 16.7 Å². The highest BCUT2D eigenvalue weighted by Gasteiger charge is 2.39. The van der Waals surface area contributed by atoms with E-state index in [2.05, 4.69) is 5.32 Å². The van der Waals surface area contributed by atoms with E-state index in [9.17, 15) is 9.59 Å². The van der Waals surface area contributed by atoms with Crippen LogP contribution in [-0.4, -0.2) is 28.1 Å². The standard InChI is InChI=1S/C13H17ClN2O3/c1-16-7-9(14)5-10(16)12(19)15-8-13(3-2-4-13)6-11(17)18/h5,7H,2-4,6,8H2,1H3,(H,15,19)(H,17,18). The fourth-order valence-electron chi connectivity index (χ4n) is 2.52. The number of rotatable bonds is 5. The SMILES string of the molecule is Cn1cc(Cl)cc1C(=O)NCC1(CC(=O)O)CCC1. The number of aryl methyl sites for hydroxylation is 1. The summed E-state index contributed by atoms with van der Waals surface area (Å²) < 4.78 is 1.66. The lowest BCUT2D eigenvalue weighted by Crippen LogP contribution is -2.43. The van der Waals surface area contributed by atoms with Crippen LogP contribution in [0.15, 0.2) is 12.3 Å². The monoisotopic (exact) mass is 284 g/mol. The molecule has 6 heteroatoms. The van der Waals surface area contributed by atoms with Gasteiger partial charge in [-0.3, -0.25) is 9.59 Å². The lowest BCUT2D eigenvalue weighted by molar-refractivity contribution is -0.141. The molecule has 1 saturated carbocycles. The molecular weight excluding hydrogens is 268 g/mol. The molecule has 0 atom stereocenters. The summed E-state index contributed by atoms with van der Waals surface area (Å²) in [6.45, 7) is 0.404. The Balaban J connectivity index is 1.96. The van der Waals surface area contributed by atoms with Crippen molar-refractivity contribution in [3.05, 3.63) is 23.0 Å². The maximum Gasteiger partial charge on any atom is 0.303 e. The first-order valence-electron chi connectivity index (χ1n) is 6.24. The molecule has 0 saturated heterocycles. The summed E-state index contributed by atoms with van der Waals surface area (Å²) in [5.41, 5.74) is 0.214. The number of carbonyl (C=O) groups is 2. The molecule has 0 spiro atoms. The summed E-state index contributed by atoms with van der Waals surface area (Å²) in [6, 6.07) is 1.60. The fourth-order valence-corrected chi connectivity index (χ4v) is 2.77. The van der Waals surface area contributed by atoms with Crippen molar-refractivity contribution in [1.29, 1.82) is 0 Å². The molecule has 19 heavy (non-hydrogen) atoms. The van der Waals surface area contributed by atoms with Crippen LogP contribution in [-0.2, 0) is 11.8 Å². The van der Waals surface area contributed by atoms with Crippen LogP contribution < -0.4 is 5.32 Å². The zero-order valence-corrected chi connectivity index (χ0v) is 11.5. The second-order valence-electron chi connectivity index (χ2n) is 5.26. The van der Waals surface area contributed by atoms with Gasteiger partial charge in [-0.15, -0.1) is 0 Å². The molecule has 1 amide bonds. The number of carbonyl (C=O) groups excluding carboxylic acids is 1. The van der Waals surface area contributed by atoms with Gasteiger partial charge in [0.15, 0.2) is 0 Å². The number of aromatic nitrogens is 1. The molecule has 0 aromatic carbocycles. The van der Waals surface area contributed by atoms with Crippen LogP contribution in [0.3, 0.4) is 0 Å². The molecule has 2 N–H and O–H groups in total. The minimum absolute atomic E-state index is 0.112. The Hall–Kier alpha value is -1.49. The minimum Gasteiger partial charge on any atom is -0.481 e. The Morgan fingerprint density at radius 1 is 1.53 bits per heavy atom. The average Bonchev–Trinajstić information content (AvgIpc) is 2.60. The van der Waals surface area contributed by atoms with Gasteiger partial charge in [-0.05, 0) is 24.3 Å². The van der Waals surface area contributed by atoms with E-state index in [0.29, 0.717) is 17.3 Å². The summed E-state index contributed by atoms with van der Waals surface area (Å²) in [4.78, 5) is 22.9. The highest BCUT2D eigenvalue weighted by molar-refractivity contribution is 6.31. The zero-order chi connectivity index (χ0) is 14.0. The zero-order valence-electron chi connectivity index (χ0n) is 10.8. The maximum absolute atomic E-state index is 12.0. The van der Waals surface area contributed by atoms with Gasteiger partial charge in [-0.1, -0.05) is 18.0 Å². The van der Waals surface area contributed by atoms with Crippen molar-refractivity contribution in [2.45, 2.75) is 25.7 Å². The summed E-state index contributed by atoms with van der Waals surface area (Å²) in [7, 11) is 1.75. The Kier molecular flexibility index (Phi) is 3.85. The third kappa shape index (κ3) is 3.10. The summed E-state index contributed by atoms with van der Waals surface area (Å²) in [5, 5.41) is 12.2. The smallest absolute Gasteiger partial charge is 0.303 e. The second-order valence-corrected chi connectivity index (χ2v) is 5.70. The van der Waals surface area contributed by atoms with Gasteiger partial charge in [0, 0.05) is 19.8 Å². The minimum atomic E-state index is -0.809. The predicted molar refractivity (Wildman–Crippen MR) is 71.3 cm³/mol. The van der Waals surface area contributed by atoms with Crippen molar-refractivity contribution in [3.63, 3.8) is 0 Å². The number of hydrogen-bond donors (Lipinski definition) is 2. The van der Waals surface area contributed by atoms with E-state index in [1.54, 1.807) is 23.9 Å². The van der Waals surface area contributed by atoms with Gasteiger partial charge in [0.1, 0.15) is 5.69 Å². The molecule has 1 aromatic rings. The molecule has 5 nitrogen and oxygen atoms in total. The molecule has 104 valence electrons. The lowest BCUT2D eigenvalue weighted by atomic mass is 9.66. The molecular formula is C13H17ClN2O3. The van der Waals surface area contributed by atoms with E-state index >= 15 is 0 Å². The number of carboxylic acid groups (broad SMARTS) is 1. The summed E-state index contributed by atoms with van der Waals surface area (Å²) in [5.74, 6) is -1.03. The highest BCUT2D eigenvalue weighted by Crippen LogP contribution is 2.43. The topological polar surface area (TPSA) is 71.3 Å². The summed E-state index contributed by atoms with van der Waals surface area (Å²) in [6.07, 6.45) is 4.51. The maximum atomic E-state index is 12.0. The molecule has 1 heterocycles. The predicted octanol–water partition coefficient (Wildman–Crippen LogP) is 2.05. The number of aliphatic carboxylic acids is 1. The van der Waals surface area contributed by atoms with Crippen molar-refractivity contribution >= 4 is 23.5 Å². The Morgan fingerprint density at radius 3 is 2.63 bits per heavy atom. The third-order valence-corrected chi connectivity index (χ3v) is 3.98. The van der Waals surface area contributed by atoms with Gasteiger partial charge in [-0.25, -0.2) is 0 Å². The molecule has 0 unspecified atom stereocenters. The molecule has 0 aliphatic heterocycles. The average molecular weight is 285 g/mol. The normalized spacial score (nSPS) is 16.7. The number of nitrogens with zero attached hydrogens (tertiary/aromatic N) is 1. The van der Waals surface area contributed by atoms with Gasteiger partial charge in [0.05, 0.1) is 11.4 Å². The highest BCUT2D eigenvalue weighted by atomic mass is 35.5. The van der Waals surface area contributed by atoms with Crippen molar-refractivity contribution in [3.8, 4) is 0 Å². The van der Waals surface area contributed by atoms with Gasteiger partial charge >= 0.3 is 5.97 Å². The van der Waals surface area contributed by atoms with Crippen molar-refractivity contribution in [2.75, 3.05) is 6.54 Å². The molecule has 1 aliphatic rings. The number of halogens is 1. The van der Waals surface area contributed by atoms with Crippen molar-refractivity contribution in [2.24, 2.45) is 12.5 Å². The van der Waals surface area contributed by atoms with Crippen LogP contribution in [0.25, 0.3) is 0 Å². The van der Waals surface area contributed by atoms with E-state index in [0.717, 1.165) is 19.3 Å². The molecule has 2 rings (SSSR count). The first-order valence-corrected chi connectivity index (χ1v) is 6.62. The molecule has 1 aliphatic carbocycles. The van der Waals surface area contributed by atoms with Gasteiger partial charge in [-0.2, -0.15) is 0 Å². The van der Waals surface area contributed by atoms with E-state index in [1.165, 1.54) is 0 Å². The quantitative estimate of drug-likeness (QED) is 0.869. The van der Waals surface area contributed by atoms with Gasteiger partial charge < -0.3 is 15.0 Å². The number of carboxylic acids is 1. The molecule has 0 bridgehead atoms. The van der Waals surface area contributed by atoms with Crippen LogP contribution in [0.4, 0.5) is 0 Å². The van der Waals surface area contributed by atoms with E-state index in [1.807, 2.05) is 0 Å². The van der Waals surface area contributed by atoms with Crippen LogP contribution in [0.2, 0.25) is 5.02 Å². The molecule has 1 fully saturated rings. The Bertz CT molecular complexity index is 506. The second kappa shape index (κ2) is 5.25. The lowest BCUT2D eigenvalue weighted by Gasteiger charge is -2.40. The van der Waals surface area contributed by atoms with Gasteiger partial charge in [0.25, 0.3) is 5.91 Å². The van der Waals surface area contributed by atoms with Crippen molar-refractivity contribution < 1.29 is 14.7 Å². The van der Waals surface area contributed by atoms with Crippen molar-refractivity contribution in [1.82, 2.24) is 9.88 Å². The first kappa shape index (κ1) is 13.9. The Labute approximate surface area is 116 Å². The van der Waals surface area contributed by atoms with Crippen LogP contribution in [0, 0.1) is 5.41 Å². The number of hydrogen-bond acceptors (Lipinski definition) is 2. The van der Waals surface area contributed by atoms with E-state index < -0.39 is 5.97 Å². The van der Waals surface area contributed by atoms with Crippen LogP contribution in [0.5, 0.6) is 0 Å². The largest absolute Gasteiger partial charge is 0.481 e. The van der Waals surface area contributed by atoms with Crippen LogP contribution in [0.1, 0.15) is 36.2 Å². The fraction of sp³-hybridized carbons (Fsp3) is 0.538. The number of amides is 1. The Morgan fingerprint density at radius 2 is 2.21 bits per heavy atom. The number of nitrogens with one attached hydrogen (secondary N) is 1. The first-order chi connectivity index (χ1) is 8.92. The van der Waals surface area contributed by atoms with E-state index in [-0.39, 0.29) is 17.7 Å². The third-order valence-electron chi connectivity index (χ3n) is 3.77. The van der Waals surface area contributed by atoms with Crippen LogP contribution >= 0.6 is 11.6 Å². The summed E-state index contributed by atoms with van der Waals surface area (Å²) >= 11 is 5.83.